The van der Waals surface area contributed by atoms with Gasteiger partial charge in [-0.3, -0.25) is 4.90 Å². The fraction of sp³-hybridized carbons (Fsp3) is 0.412. The van der Waals surface area contributed by atoms with E-state index < -0.39 is 0 Å². The van der Waals surface area contributed by atoms with Gasteiger partial charge in [-0.15, -0.1) is 5.10 Å². The lowest BCUT2D eigenvalue weighted by atomic mass is 10.1. The first-order valence-electron chi connectivity index (χ1n) is 7.96. The molecular weight excluding hydrogens is 292 g/mol. The van der Waals surface area contributed by atoms with Gasteiger partial charge < -0.3 is 4.74 Å². The predicted octanol–water partition coefficient (Wildman–Crippen LogP) is 2.02. The lowest BCUT2D eigenvalue weighted by Crippen LogP contribution is -2.31. The van der Waals surface area contributed by atoms with Gasteiger partial charge in [-0.25, -0.2) is 9.20 Å². The van der Waals surface area contributed by atoms with E-state index in [1.165, 1.54) is 12.8 Å². The summed E-state index contributed by atoms with van der Waals surface area (Å²) < 4.78 is 8.58. The minimum atomic E-state index is -0.0890. The number of aryl methyl sites for hydroxylation is 1. The van der Waals surface area contributed by atoms with E-state index in [1.54, 1.807) is 16.2 Å². The molecule has 0 amide bonds. The summed E-state index contributed by atoms with van der Waals surface area (Å²) in [7, 11) is 1.63. The monoisotopic (exact) mass is 312 g/mol. The third kappa shape index (κ3) is 2.30. The normalized spacial score (nSPS) is 15.7. The van der Waals surface area contributed by atoms with Gasteiger partial charge in [0.05, 0.1) is 19.3 Å². The number of methoxy groups -OCH3 is 1. The number of benzene rings is 1. The van der Waals surface area contributed by atoms with E-state index in [-0.39, 0.29) is 5.69 Å². The molecule has 0 N–H and O–H groups in total. The zero-order valence-electron chi connectivity index (χ0n) is 13.5. The SMILES string of the molecule is COc1ccc2cc(C)c3nn(CN4CCCC4)c(=O)n3c2c1. The maximum absolute atomic E-state index is 12.9. The first-order chi connectivity index (χ1) is 11.2. The van der Waals surface area contributed by atoms with Crippen LogP contribution in [-0.2, 0) is 6.67 Å². The third-order valence-corrected chi connectivity index (χ3v) is 4.58. The first-order valence-corrected chi connectivity index (χ1v) is 7.96. The molecule has 2 aromatic heterocycles. The number of aromatic nitrogens is 3. The van der Waals surface area contributed by atoms with Crippen molar-refractivity contribution in [2.75, 3.05) is 20.2 Å². The Bertz CT molecular complexity index is 935. The molecule has 1 aliphatic rings. The van der Waals surface area contributed by atoms with Gasteiger partial charge in [0, 0.05) is 6.07 Å². The molecule has 1 saturated heterocycles. The summed E-state index contributed by atoms with van der Waals surface area (Å²) in [5.74, 6) is 0.738. The summed E-state index contributed by atoms with van der Waals surface area (Å²) in [6, 6.07) is 7.85. The third-order valence-electron chi connectivity index (χ3n) is 4.58. The van der Waals surface area contributed by atoms with E-state index in [0.29, 0.717) is 6.67 Å². The van der Waals surface area contributed by atoms with Crippen molar-refractivity contribution in [2.45, 2.75) is 26.4 Å². The van der Waals surface area contributed by atoms with Crippen molar-refractivity contribution in [3.8, 4) is 5.75 Å². The summed E-state index contributed by atoms with van der Waals surface area (Å²) in [4.78, 5) is 15.1. The van der Waals surface area contributed by atoms with Crippen molar-refractivity contribution in [1.29, 1.82) is 0 Å². The summed E-state index contributed by atoms with van der Waals surface area (Å²) in [5.41, 5.74) is 2.46. The molecule has 1 fully saturated rings. The average molecular weight is 312 g/mol. The van der Waals surface area contributed by atoms with Gasteiger partial charge in [0.15, 0.2) is 5.65 Å². The maximum Gasteiger partial charge on any atom is 0.352 e. The first kappa shape index (κ1) is 14.3. The van der Waals surface area contributed by atoms with E-state index in [9.17, 15) is 4.79 Å². The molecule has 1 aliphatic heterocycles. The number of rotatable bonds is 3. The van der Waals surface area contributed by atoms with Gasteiger partial charge in [-0.2, -0.15) is 4.68 Å². The van der Waals surface area contributed by atoms with Crippen molar-refractivity contribution in [3.63, 3.8) is 0 Å². The molecule has 3 heterocycles. The molecule has 0 radical (unpaired) electrons. The van der Waals surface area contributed by atoms with Gasteiger partial charge in [0.25, 0.3) is 0 Å². The lowest BCUT2D eigenvalue weighted by Gasteiger charge is -2.12. The maximum atomic E-state index is 12.9. The second-order valence-corrected chi connectivity index (χ2v) is 6.16. The Labute approximate surface area is 133 Å². The van der Waals surface area contributed by atoms with Gasteiger partial charge in [-0.1, -0.05) is 0 Å². The van der Waals surface area contributed by atoms with Crippen LogP contribution in [0.4, 0.5) is 0 Å². The predicted molar refractivity (Wildman–Crippen MR) is 89.1 cm³/mol. The number of pyridine rings is 1. The Kier molecular flexibility index (Phi) is 3.34. The van der Waals surface area contributed by atoms with Gasteiger partial charge in [-0.05, 0) is 62.0 Å². The molecule has 6 nitrogen and oxygen atoms in total. The van der Waals surface area contributed by atoms with Crippen LogP contribution in [-0.4, -0.2) is 39.3 Å². The van der Waals surface area contributed by atoms with Crippen LogP contribution >= 0.6 is 0 Å². The van der Waals surface area contributed by atoms with Crippen molar-refractivity contribution >= 4 is 16.6 Å². The molecule has 1 aromatic carbocycles. The zero-order valence-corrected chi connectivity index (χ0v) is 13.5. The molecule has 4 rings (SSSR count). The van der Waals surface area contributed by atoms with Crippen LogP contribution in [0.5, 0.6) is 5.75 Å². The quantitative estimate of drug-likeness (QED) is 0.742. The Morgan fingerprint density at radius 2 is 2.00 bits per heavy atom. The highest BCUT2D eigenvalue weighted by Crippen LogP contribution is 2.23. The van der Waals surface area contributed by atoms with E-state index >= 15 is 0 Å². The summed E-state index contributed by atoms with van der Waals surface area (Å²) >= 11 is 0. The van der Waals surface area contributed by atoms with Gasteiger partial charge >= 0.3 is 5.69 Å². The Morgan fingerprint density at radius 3 is 2.74 bits per heavy atom. The minimum absolute atomic E-state index is 0.0890. The molecule has 0 atom stereocenters. The largest absolute Gasteiger partial charge is 0.497 e. The summed E-state index contributed by atoms with van der Waals surface area (Å²) in [5, 5.41) is 5.58. The van der Waals surface area contributed by atoms with Crippen molar-refractivity contribution in [1.82, 2.24) is 19.1 Å². The molecule has 120 valence electrons. The molecule has 6 heteroatoms. The fourth-order valence-electron chi connectivity index (χ4n) is 3.35. The van der Waals surface area contributed by atoms with E-state index in [1.807, 2.05) is 25.1 Å². The van der Waals surface area contributed by atoms with Gasteiger partial charge in [0.2, 0.25) is 0 Å². The highest BCUT2D eigenvalue weighted by molar-refractivity contribution is 5.84. The highest BCUT2D eigenvalue weighted by Gasteiger charge is 2.17. The highest BCUT2D eigenvalue weighted by atomic mass is 16.5. The second kappa shape index (κ2) is 5.38. The van der Waals surface area contributed by atoms with Crippen LogP contribution in [0.1, 0.15) is 18.4 Å². The Morgan fingerprint density at radius 1 is 1.22 bits per heavy atom. The smallest absolute Gasteiger partial charge is 0.352 e. The van der Waals surface area contributed by atoms with Crippen molar-refractivity contribution in [2.24, 2.45) is 0 Å². The number of hydrogen-bond donors (Lipinski definition) is 0. The van der Waals surface area contributed by atoms with Crippen LogP contribution in [0.25, 0.3) is 16.6 Å². The van der Waals surface area contributed by atoms with Crippen LogP contribution in [0.15, 0.2) is 29.1 Å². The number of hydrogen-bond acceptors (Lipinski definition) is 4. The van der Waals surface area contributed by atoms with E-state index in [2.05, 4.69) is 16.1 Å². The Hall–Kier alpha value is -2.34. The number of nitrogens with zero attached hydrogens (tertiary/aromatic N) is 4. The molecule has 0 unspecified atom stereocenters. The fourth-order valence-corrected chi connectivity index (χ4v) is 3.35. The van der Waals surface area contributed by atoms with Crippen molar-refractivity contribution in [3.05, 3.63) is 40.3 Å². The average Bonchev–Trinajstić information content (AvgIpc) is 3.17. The lowest BCUT2D eigenvalue weighted by molar-refractivity contribution is 0.251. The topological polar surface area (TPSA) is 51.8 Å². The van der Waals surface area contributed by atoms with Crippen molar-refractivity contribution < 1.29 is 4.74 Å². The number of likely N-dealkylation sites (tertiary alicyclic amines) is 1. The van der Waals surface area contributed by atoms with Crippen LogP contribution < -0.4 is 10.4 Å². The van der Waals surface area contributed by atoms with Crippen LogP contribution in [0, 0.1) is 6.92 Å². The molecular formula is C17H20N4O2. The summed E-state index contributed by atoms with van der Waals surface area (Å²) in [6.07, 6.45) is 2.39. The molecule has 0 spiro atoms. The second-order valence-electron chi connectivity index (χ2n) is 6.16. The Balaban J connectivity index is 1.94. The summed E-state index contributed by atoms with van der Waals surface area (Å²) in [6.45, 7) is 4.62. The molecule has 3 aromatic rings. The molecule has 23 heavy (non-hydrogen) atoms. The standard InChI is InChI=1S/C17H20N4O2/c1-12-9-13-5-6-14(23-2)10-15(13)21-16(12)18-20(17(21)22)11-19-7-3-4-8-19/h5-6,9-10H,3-4,7-8,11H2,1-2H3. The van der Waals surface area contributed by atoms with Crippen LogP contribution in [0.2, 0.25) is 0 Å². The minimum Gasteiger partial charge on any atom is -0.497 e. The van der Waals surface area contributed by atoms with Gasteiger partial charge in [0.1, 0.15) is 5.75 Å². The van der Waals surface area contributed by atoms with E-state index in [0.717, 1.165) is 41.0 Å². The van der Waals surface area contributed by atoms with Crippen LogP contribution in [0.3, 0.4) is 0 Å². The van der Waals surface area contributed by atoms with E-state index in [4.69, 9.17) is 4.74 Å². The zero-order chi connectivity index (χ0) is 16.0. The molecule has 0 aliphatic carbocycles. The number of fused-ring (bicyclic) bond motifs is 3. The molecule has 0 bridgehead atoms. The molecule has 0 saturated carbocycles. The number of ether oxygens (including phenoxy) is 1.